The van der Waals surface area contributed by atoms with Crippen LogP contribution in [-0.4, -0.2) is 11.1 Å². The molecule has 0 radical (unpaired) electrons. The van der Waals surface area contributed by atoms with Gasteiger partial charge in [0.2, 0.25) is 0 Å². The molecule has 0 saturated heterocycles. The number of ether oxygens (including phenoxy) is 1. The van der Waals surface area contributed by atoms with Crippen LogP contribution in [-0.2, 0) is 19.6 Å². The summed E-state index contributed by atoms with van der Waals surface area (Å²) >= 11 is 4.78. The molecule has 0 unspecified atom stereocenters. The second-order valence-corrected chi connectivity index (χ2v) is 7.97. The summed E-state index contributed by atoms with van der Waals surface area (Å²) < 4.78 is 6.99. The van der Waals surface area contributed by atoms with Crippen molar-refractivity contribution in [1.29, 1.82) is 0 Å². The second kappa shape index (κ2) is 9.06. The van der Waals surface area contributed by atoms with E-state index in [0.29, 0.717) is 18.0 Å². The minimum absolute atomic E-state index is 0.351. The van der Waals surface area contributed by atoms with Crippen LogP contribution in [0.1, 0.15) is 33.3 Å². The zero-order chi connectivity index (χ0) is 19.2. The summed E-state index contributed by atoms with van der Waals surface area (Å²) in [7, 11) is 0. The number of carboxylic acid groups (broad SMARTS) is 1. The van der Waals surface area contributed by atoms with Gasteiger partial charge in [0.15, 0.2) is 0 Å². The zero-order valence-electron chi connectivity index (χ0n) is 14.9. The lowest BCUT2D eigenvalue weighted by Crippen LogP contribution is -2.04. The molecular formula is C21H20BrNO3S. The van der Waals surface area contributed by atoms with Gasteiger partial charge >= 0.3 is 5.97 Å². The molecule has 2 aromatic carbocycles. The van der Waals surface area contributed by atoms with Crippen molar-refractivity contribution in [3.63, 3.8) is 0 Å². The number of benzene rings is 2. The van der Waals surface area contributed by atoms with Gasteiger partial charge in [0.1, 0.15) is 17.2 Å². The molecule has 1 heterocycles. The van der Waals surface area contributed by atoms with Crippen LogP contribution in [0.3, 0.4) is 0 Å². The van der Waals surface area contributed by atoms with E-state index < -0.39 is 5.97 Å². The average molecular weight is 446 g/mol. The minimum Gasteiger partial charge on any atom is -0.489 e. The largest absolute Gasteiger partial charge is 0.489 e. The van der Waals surface area contributed by atoms with Crippen molar-refractivity contribution in [2.24, 2.45) is 0 Å². The average Bonchev–Trinajstić information content (AvgIpc) is 3.10. The molecule has 0 bridgehead atoms. The van der Waals surface area contributed by atoms with E-state index in [1.54, 1.807) is 6.07 Å². The predicted octanol–water partition coefficient (Wildman–Crippen LogP) is 5.96. The molecule has 3 aromatic rings. The first-order valence-electron chi connectivity index (χ1n) is 8.62. The maximum absolute atomic E-state index is 11.2. The number of aromatic carboxylic acids is 1. The molecule has 6 heteroatoms. The van der Waals surface area contributed by atoms with Crippen molar-refractivity contribution in [3.05, 3.63) is 80.6 Å². The SMILES string of the molecule is CCc1cc(C(=O)O)sc1NCc1cc(Br)ccc1OCc1ccccc1. The molecule has 0 spiro atoms. The van der Waals surface area contributed by atoms with Gasteiger partial charge in [-0.05, 0) is 41.8 Å². The van der Waals surface area contributed by atoms with E-state index in [2.05, 4.69) is 21.2 Å². The maximum Gasteiger partial charge on any atom is 0.345 e. The molecule has 0 fully saturated rings. The number of nitrogens with one attached hydrogen (secondary N) is 1. The summed E-state index contributed by atoms with van der Waals surface area (Å²) in [6.07, 6.45) is 0.780. The fourth-order valence-corrected chi connectivity index (χ4v) is 4.08. The van der Waals surface area contributed by atoms with Crippen LogP contribution in [0, 0.1) is 0 Å². The molecular weight excluding hydrogens is 426 g/mol. The first-order valence-corrected chi connectivity index (χ1v) is 10.2. The first-order chi connectivity index (χ1) is 13.1. The van der Waals surface area contributed by atoms with Gasteiger partial charge in [0.25, 0.3) is 0 Å². The molecule has 0 aliphatic carbocycles. The van der Waals surface area contributed by atoms with Gasteiger partial charge < -0.3 is 15.2 Å². The molecule has 1 aromatic heterocycles. The first kappa shape index (κ1) is 19.5. The highest BCUT2D eigenvalue weighted by Crippen LogP contribution is 2.31. The highest BCUT2D eigenvalue weighted by Gasteiger charge is 2.13. The molecule has 3 rings (SSSR count). The number of hydrogen-bond donors (Lipinski definition) is 2. The van der Waals surface area contributed by atoms with Crippen molar-refractivity contribution in [3.8, 4) is 5.75 Å². The predicted molar refractivity (Wildman–Crippen MR) is 113 cm³/mol. The number of thiophene rings is 1. The Bertz CT molecular complexity index is 924. The van der Waals surface area contributed by atoms with Gasteiger partial charge in [-0.15, -0.1) is 11.3 Å². The Hall–Kier alpha value is -2.31. The summed E-state index contributed by atoms with van der Waals surface area (Å²) in [6.45, 7) is 3.07. The zero-order valence-corrected chi connectivity index (χ0v) is 17.3. The van der Waals surface area contributed by atoms with E-state index in [0.717, 1.165) is 38.3 Å². The number of halogens is 1. The van der Waals surface area contributed by atoms with Crippen LogP contribution >= 0.6 is 27.3 Å². The topological polar surface area (TPSA) is 58.6 Å². The molecule has 0 saturated carbocycles. The van der Waals surface area contributed by atoms with Crippen molar-refractivity contribution in [2.45, 2.75) is 26.5 Å². The van der Waals surface area contributed by atoms with Crippen LogP contribution in [0.2, 0.25) is 0 Å². The van der Waals surface area contributed by atoms with Crippen LogP contribution in [0.4, 0.5) is 5.00 Å². The molecule has 4 nitrogen and oxygen atoms in total. The molecule has 2 N–H and O–H groups in total. The van der Waals surface area contributed by atoms with Crippen LogP contribution < -0.4 is 10.1 Å². The Morgan fingerprint density at radius 2 is 1.93 bits per heavy atom. The standard InChI is InChI=1S/C21H20BrNO3S/c1-2-15-11-19(21(24)25)27-20(15)23-12-16-10-17(22)8-9-18(16)26-13-14-6-4-3-5-7-14/h3-11,23H,2,12-13H2,1H3,(H,24,25). The number of carbonyl (C=O) groups is 1. The normalized spacial score (nSPS) is 10.6. The molecule has 0 aliphatic rings. The quantitative estimate of drug-likeness (QED) is 0.448. The van der Waals surface area contributed by atoms with Crippen LogP contribution in [0.5, 0.6) is 5.75 Å². The Morgan fingerprint density at radius 1 is 1.15 bits per heavy atom. The van der Waals surface area contributed by atoms with Gasteiger partial charge in [-0.1, -0.05) is 53.2 Å². The monoisotopic (exact) mass is 445 g/mol. The van der Waals surface area contributed by atoms with Gasteiger partial charge in [0.05, 0.1) is 5.00 Å². The summed E-state index contributed by atoms with van der Waals surface area (Å²) in [5.41, 5.74) is 3.13. The van der Waals surface area contributed by atoms with E-state index in [1.807, 2.05) is 55.5 Å². The van der Waals surface area contributed by atoms with Gasteiger partial charge in [-0.3, -0.25) is 0 Å². The summed E-state index contributed by atoms with van der Waals surface area (Å²) in [5, 5.41) is 13.5. The lowest BCUT2D eigenvalue weighted by atomic mass is 10.2. The Kier molecular flexibility index (Phi) is 6.53. The highest BCUT2D eigenvalue weighted by atomic mass is 79.9. The van der Waals surface area contributed by atoms with Gasteiger partial charge in [-0.25, -0.2) is 4.79 Å². The molecule has 140 valence electrons. The number of hydrogen-bond acceptors (Lipinski definition) is 4. The van der Waals surface area contributed by atoms with Gasteiger partial charge in [-0.2, -0.15) is 0 Å². The molecule has 27 heavy (non-hydrogen) atoms. The number of anilines is 1. The lowest BCUT2D eigenvalue weighted by molar-refractivity contribution is 0.0702. The summed E-state index contributed by atoms with van der Waals surface area (Å²) in [5.74, 6) is -0.0836. The van der Waals surface area contributed by atoms with Crippen molar-refractivity contribution in [1.82, 2.24) is 0 Å². The van der Waals surface area contributed by atoms with Crippen molar-refractivity contribution >= 4 is 38.2 Å². The van der Waals surface area contributed by atoms with Crippen LogP contribution in [0.25, 0.3) is 0 Å². The summed E-state index contributed by atoms with van der Waals surface area (Å²) in [6, 6.07) is 17.7. The maximum atomic E-state index is 11.2. The second-order valence-electron chi connectivity index (χ2n) is 6.00. The van der Waals surface area contributed by atoms with E-state index in [1.165, 1.54) is 11.3 Å². The number of aryl methyl sites for hydroxylation is 1. The minimum atomic E-state index is -0.892. The van der Waals surface area contributed by atoms with E-state index >= 15 is 0 Å². The van der Waals surface area contributed by atoms with E-state index in [-0.39, 0.29) is 0 Å². The van der Waals surface area contributed by atoms with Crippen LogP contribution in [0.15, 0.2) is 59.1 Å². The van der Waals surface area contributed by atoms with E-state index in [4.69, 9.17) is 4.74 Å². The van der Waals surface area contributed by atoms with Gasteiger partial charge in [0, 0.05) is 16.6 Å². The Balaban J connectivity index is 1.74. The Labute approximate surface area is 170 Å². The Morgan fingerprint density at radius 3 is 2.63 bits per heavy atom. The molecule has 0 atom stereocenters. The lowest BCUT2D eigenvalue weighted by Gasteiger charge is -2.13. The third kappa shape index (κ3) is 5.11. The number of rotatable bonds is 8. The highest BCUT2D eigenvalue weighted by molar-refractivity contribution is 9.10. The third-order valence-electron chi connectivity index (χ3n) is 4.10. The van der Waals surface area contributed by atoms with E-state index in [9.17, 15) is 9.90 Å². The molecule has 0 aliphatic heterocycles. The van der Waals surface area contributed by atoms with Crippen molar-refractivity contribution < 1.29 is 14.6 Å². The fraction of sp³-hybridized carbons (Fsp3) is 0.190. The molecule has 0 amide bonds. The van der Waals surface area contributed by atoms with Crippen molar-refractivity contribution in [2.75, 3.05) is 5.32 Å². The summed E-state index contributed by atoms with van der Waals surface area (Å²) in [4.78, 5) is 11.6. The smallest absolute Gasteiger partial charge is 0.345 e. The fourth-order valence-electron chi connectivity index (χ4n) is 2.68. The number of carboxylic acids is 1. The third-order valence-corrected chi connectivity index (χ3v) is 5.72.